The number of hydrogen-bond acceptors (Lipinski definition) is 3. The summed E-state index contributed by atoms with van der Waals surface area (Å²) in [5, 5.41) is 12.2. The molecule has 1 heterocycles. The van der Waals surface area contributed by atoms with Crippen molar-refractivity contribution in [2.24, 2.45) is 0 Å². The first-order chi connectivity index (χ1) is 7.28. The van der Waals surface area contributed by atoms with Crippen molar-refractivity contribution >= 4 is 5.69 Å². The third kappa shape index (κ3) is 2.48. The minimum atomic E-state index is 0.518. The normalized spacial score (nSPS) is 21.2. The van der Waals surface area contributed by atoms with E-state index < -0.39 is 0 Å². The second kappa shape index (κ2) is 4.33. The van der Waals surface area contributed by atoms with Crippen molar-refractivity contribution in [1.29, 1.82) is 5.26 Å². The van der Waals surface area contributed by atoms with Gasteiger partial charge >= 0.3 is 0 Å². The molecule has 2 rings (SSSR count). The summed E-state index contributed by atoms with van der Waals surface area (Å²) in [4.78, 5) is 2.31. The van der Waals surface area contributed by atoms with Crippen molar-refractivity contribution in [3.8, 4) is 6.07 Å². The van der Waals surface area contributed by atoms with Crippen LogP contribution in [-0.2, 0) is 0 Å². The van der Waals surface area contributed by atoms with E-state index in [4.69, 9.17) is 5.26 Å². The molecule has 0 spiro atoms. The quantitative estimate of drug-likeness (QED) is 0.791. The second-order valence-electron chi connectivity index (χ2n) is 4.08. The van der Waals surface area contributed by atoms with E-state index in [0.717, 1.165) is 18.8 Å². The van der Waals surface area contributed by atoms with E-state index in [1.165, 1.54) is 6.42 Å². The van der Waals surface area contributed by atoms with Gasteiger partial charge in [0.05, 0.1) is 11.6 Å². The molecule has 3 heteroatoms. The van der Waals surface area contributed by atoms with Crippen molar-refractivity contribution in [2.45, 2.75) is 12.5 Å². The highest BCUT2D eigenvalue weighted by Crippen LogP contribution is 2.15. The summed E-state index contributed by atoms with van der Waals surface area (Å²) >= 11 is 0. The molecule has 15 heavy (non-hydrogen) atoms. The average Bonchev–Trinajstić information content (AvgIpc) is 2.64. The monoisotopic (exact) mass is 201 g/mol. The zero-order chi connectivity index (χ0) is 10.7. The fourth-order valence-corrected chi connectivity index (χ4v) is 1.97. The topological polar surface area (TPSA) is 39.1 Å². The van der Waals surface area contributed by atoms with Crippen LogP contribution in [0.3, 0.4) is 0 Å². The van der Waals surface area contributed by atoms with Gasteiger partial charge in [0.15, 0.2) is 0 Å². The number of nitrogens with zero attached hydrogens (tertiary/aromatic N) is 2. The Labute approximate surface area is 90.3 Å². The summed E-state index contributed by atoms with van der Waals surface area (Å²) in [6, 6.07) is 10.3. The maximum absolute atomic E-state index is 8.78. The van der Waals surface area contributed by atoms with Gasteiger partial charge in [-0.2, -0.15) is 5.26 Å². The minimum absolute atomic E-state index is 0.518. The van der Waals surface area contributed by atoms with Gasteiger partial charge in [-0.05, 0) is 38.2 Å². The first kappa shape index (κ1) is 10.0. The lowest BCUT2D eigenvalue weighted by molar-refractivity contribution is 0.414. The standard InChI is InChI=1S/C12H15N3/c1-15-6-5-12(9-15)14-11-4-2-3-10(7-11)8-13/h2-4,7,12,14H,5-6,9H2,1H3. The number of benzene rings is 1. The molecule has 1 aliphatic heterocycles. The van der Waals surface area contributed by atoms with Crippen LogP contribution in [0.2, 0.25) is 0 Å². The van der Waals surface area contributed by atoms with Gasteiger partial charge in [0.2, 0.25) is 0 Å². The van der Waals surface area contributed by atoms with Crippen LogP contribution in [0, 0.1) is 11.3 Å². The van der Waals surface area contributed by atoms with E-state index in [9.17, 15) is 0 Å². The largest absolute Gasteiger partial charge is 0.381 e. The zero-order valence-electron chi connectivity index (χ0n) is 8.90. The van der Waals surface area contributed by atoms with Crippen LogP contribution < -0.4 is 5.32 Å². The summed E-state index contributed by atoms with van der Waals surface area (Å²) in [6.07, 6.45) is 1.17. The van der Waals surface area contributed by atoms with E-state index in [-0.39, 0.29) is 0 Å². The third-order valence-corrected chi connectivity index (χ3v) is 2.75. The Morgan fingerprint density at radius 1 is 1.53 bits per heavy atom. The molecule has 1 N–H and O–H groups in total. The van der Waals surface area contributed by atoms with Crippen molar-refractivity contribution < 1.29 is 0 Å². The van der Waals surface area contributed by atoms with E-state index in [1.54, 1.807) is 0 Å². The molecule has 0 amide bonds. The molecular formula is C12H15N3. The highest BCUT2D eigenvalue weighted by molar-refractivity contribution is 5.49. The average molecular weight is 201 g/mol. The van der Waals surface area contributed by atoms with Gasteiger partial charge in [-0.3, -0.25) is 0 Å². The van der Waals surface area contributed by atoms with Gasteiger partial charge in [0.25, 0.3) is 0 Å². The van der Waals surface area contributed by atoms with Gasteiger partial charge < -0.3 is 10.2 Å². The number of rotatable bonds is 2. The molecule has 0 bridgehead atoms. The maximum Gasteiger partial charge on any atom is 0.0992 e. The summed E-state index contributed by atoms with van der Waals surface area (Å²) in [5.74, 6) is 0. The van der Waals surface area contributed by atoms with Crippen LogP contribution in [0.15, 0.2) is 24.3 Å². The summed E-state index contributed by atoms with van der Waals surface area (Å²) in [7, 11) is 2.13. The molecular weight excluding hydrogens is 186 g/mol. The van der Waals surface area contributed by atoms with E-state index >= 15 is 0 Å². The van der Waals surface area contributed by atoms with Crippen molar-refractivity contribution in [3.63, 3.8) is 0 Å². The Morgan fingerprint density at radius 2 is 2.40 bits per heavy atom. The van der Waals surface area contributed by atoms with Crippen LogP contribution in [-0.4, -0.2) is 31.1 Å². The second-order valence-corrected chi connectivity index (χ2v) is 4.08. The molecule has 1 saturated heterocycles. The molecule has 0 saturated carbocycles. The van der Waals surface area contributed by atoms with Crippen LogP contribution in [0.4, 0.5) is 5.69 Å². The van der Waals surface area contributed by atoms with Crippen molar-refractivity contribution in [3.05, 3.63) is 29.8 Å². The molecule has 0 aromatic heterocycles. The fraction of sp³-hybridized carbons (Fsp3) is 0.417. The molecule has 0 aliphatic carbocycles. The molecule has 1 atom stereocenters. The molecule has 1 aromatic rings. The number of likely N-dealkylation sites (tertiary alicyclic amines) is 1. The fourth-order valence-electron chi connectivity index (χ4n) is 1.97. The van der Waals surface area contributed by atoms with E-state index in [2.05, 4.69) is 23.3 Å². The SMILES string of the molecule is CN1CCC(Nc2cccc(C#N)c2)C1. The first-order valence-corrected chi connectivity index (χ1v) is 5.23. The predicted molar refractivity (Wildman–Crippen MR) is 60.7 cm³/mol. The summed E-state index contributed by atoms with van der Waals surface area (Å²) in [6.45, 7) is 2.23. The minimum Gasteiger partial charge on any atom is -0.381 e. The summed E-state index contributed by atoms with van der Waals surface area (Å²) < 4.78 is 0. The number of hydrogen-bond donors (Lipinski definition) is 1. The van der Waals surface area contributed by atoms with Crippen molar-refractivity contribution in [2.75, 3.05) is 25.5 Å². The Balaban J connectivity index is 2.02. The smallest absolute Gasteiger partial charge is 0.0992 e. The predicted octanol–water partition coefficient (Wildman–Crippen LogP) is 1.67. The van der Waals surface area contributed by atoms with Gasteiger partial charge in [0, 0.05) is 18.3 Å². The molecule has 1 aliphatic rings. The maximum atomic E-state index is 8.78. The molecule has 1 unspecified atom stereocenters. The van der Waals surface area contributed by atoms with E-state index in [1.807, 2.05) is 24.3 Å². The Bertz CT molecular complexity index is 381. The molecule has 1 fully saturated rings. The Hall–Kier alpha value is -1.53. The van der Waals surface area contributed by atoms with Crippen molar-refractivity contribution in [1.82, 2.24) is 4.90 Å². The molecule has 3 nitrogen and oxygen atoms in total. The van der Waals surface area contributed by atoms with Gasteiger partial charge in [-0.15, -0.1) is 0 Å². The van der Waals surface area contributed by atoms with Gasteiger partial charge in [0.1, 0.15) is 0 Å². The lowest BCUT2D eigenvalue weighted by Crippen LogP contribution is -2.23. The van der Waals surface area contributed by atoms with Crippen LogP contribution >= 0.6 is 0 Å². The zero-order valence-corrected chi connectivity index (χ0v) is 8.90. The number of nitriles is 1. The molecule has 0 radical (unpaired) electrons. The number of anilines is 1. The number of likely N-dealkylation sites (N-methyl/N-ethyl adjacent to an activating group) is 1. The Morgan fingerprint density at radius 3 is 3.07 bits per heavy atom. The van der Waals surface area contributed by atoms with Crippen LogP contribution in [0.1, 0.15) is 12.0 Å². The Kier molecular flexibility index (Phi) is 2.89. The highest BCUT2D eigenvalue weighted by atomic mass is 15.2. The van der Waals surface area contributed by atoms with Gasteiger partial charge in [-0.25, -0.2) is 0 Å². The molecule has 1 aromatic carbocycles. The van der Waals surface area contributed by atoms with Crippen LogP contribution in [0.5, 0.6) is 0 Å². The number of nitrogens with one attached hydrogen (secondary N) is 1. The summed E-state index contributed by atoms with van der Waals surface area (Å²) in [5.41, 5.74) is 1.76. The molecule has 78 valence electrons. The van der Waals surface area contributed by atoms with Crippen LogP contribution in [0.25, 0.3) is 0 Å². The van der Waals surface area contributed by atoms with E-state index in [0.29, 0.717) is 11.6 Å². The lowest BCUT2D eigenvalue weighted by atomic mass is 10.2. The lowest BCUT2D eigenvalue weighted by Gasteiger charge is -2.14. The highest BCUT2D eigenvalue weighted by Gasteiger charge is 2.18. The van der Waals surface area contributed by atoms with Gasteiger partial charge in [-0.1, -0.05) is 6.07 Å². The third-order valence-electron chi connectivity index (χ3n) is 2.75. The first-order valence-electron chi connectivity index (χ1n) is 5.23.